The summed E-state index contributed by atoms with van der Waals surface area (Å²) in [5, 5.41) is 0.933. The Morgan fingerprint density at radius 2 is 2.00 bits per heavy atom. The highest BCUT2D eigenvalue weighted by molar-refractivity contribution is 9.10. The van der Waals surface area contributed by atoms with Crippen molar-refractivity contribution in [1.29, 1.82) is 0 Å². The maximum atomic E-state index is 5.68. The maximum absolute atomic E-state index is 5.68. The normalized spacial score (nSPS) is 10.5. The van der Waals surface area contributed by atoms with Crippen molar-refractivity contribution in [2.75, 3.05) is 0 Å². The average molecular weight is 310 g/mol. The quantitative estimate of drug-likeness (QED) is 0.885. The first-order valence-corrected chi connectivity index (χ1v) is 6.76. The number of rotatable bonds is 3. The smallest absolute Gasteiger partial charge is 0.126 e. The van der Waals surface area contributed by atoms with Crippen LogP contribution in [-0.4, -0.2) is 9.97 Å². The van der Waals surface area contributed by atoms with Gasteiger partial charge < -0.3 is 5.73 Å². The first-order valence-electron chi connectivity index (χ1n) is 5.15. The second-order valence-electron chi connectivity index (χ2n) is 3.51. The summed E-state index contributed by atoms with van der Waals surface area (Å²) in [5.74, 6) is 0.766. The highest BCUT2D eigenvalue weighted by Gasteiger charge is 2.06. The molecule has 0 saturated carbocycles. The van der Waals surface area contributed by atoms with Gasteiger partial charge in [0, 0.05) is 27.7 Å². The van der Waals surface area contributed by atoms with Gasteiger partial charge in [-0.3, -0.25) is 0 Å². The second kappa shape index (κ2) is 5.62. The molecule has 0 saturated heterocycles. The minimum absolute atomic E-state index is 0.457. The summed E-state index contributed by atoms with van der Waals surface area (Å²) in [7, 11) is 0. The van der Waals surface area contributed by atoms with Crippen molar-refractivity contribution in [2.24, 2.45) is 5.73 Å². The molecule has 0 bridgehead atoms. The van der Waals surface area contributed by atoms with Gasteiger partial charge in [0.2, 0.25) is 0 Å². The standard InChI is InChI=1S/C12H12BrN3S/c1-8-15-7-9(6-14)12(16-8)17-11-4-2-10(13)3-5-11/h2-5,7H,6,14H2,1H3. The van der Waals surface area contributed by atoms with Crippen molar-refractivity contribution in [3.8, 4) is 0 Å². The molecule has 2 aromatic rings. The van der Waals surface area contributed by atoms with Crippen LogP contribution in [0.1, 0.15) is 11.4 Å². The number of hydrogen-bond donors (Lipinski definition) is 1. The number of halogens is 1. The van der Waals surface area contributed by atoms with Gasteiger partial charge in [-0.2, -0.15) is 0 Å². The molecule has 2 N–H and O–H groups in total. The van der Waals surface area contributed by atoms with E-state index in [4.69, 9.17) is 5.73 Å². The summed E-state index contributed by atoms with van der Waals surface area (Å²) in [4.78, 5) is 9.72. The molecule has 88 valence electrons. The fraction of sp³-hybridized carbons (Fsp3) is 0.167. The number of nitrogens with zero attached hydrogens (tertiary/aromatic N) is 2. The molecule has 5 heteroatoms. The van der Waals surface area contributed by atoms with Crippen LogP contribution in [-0.2, 0) is 6.54 Å². The van der Waals surface area contributed by atoms with Crippen LogP contribution < -0.4 is 5.73 Å². The fourth-order valence-corrected chi connectivity index (χ4v) is 2.52. The van der Waals surface area contributed by atoms with E-state index >= 15 is 0 Å². The van der Waals surface area contributed by atoms with E-state index in [1.165, 1.54) is 0 Å². The predicted octanol–water partition coefficient (Wildman–Crippen LogP) is 3.16. The molecule has 0 unspecified atom stereocenters. The molecule has 0 radical (unpaired) electrons. The zero-order valence-corrected chi connectivity index (χ0v) is 11.8. The first-order chi connectivity index (χ1) is 8.19. The number of nitrogens with two attached hydrogens (primary N) is 1. The summed E-state index contributed by atoms with van der Waals surface area (Å²) in [6.45, 7) is 2.34. The summed E-state index contributed by atoms with van der Waals surface area (Å²) in [6.07, 6.45) is 1.80. The average Bonchev–Trinajstić information content (AvgIpc) is 2.32. The van der Waals surface area contributed by atoms with E-state index in [1.54, 1.807) is 18.0 Å². The van der Waals surface area contributed by atoms with Crippen LogP contribution in [0.2, 0.25) is 0 Å². The Kier molecular flexibility index (Phi) is 4.15. The van der Waals surface area contributed by atoms with Crippen molar-refractivity contribution < 1.29 is 0 Å². The lowest BCUT2D eigenvalue weighted by Crippen LogP contribution is -2.02. The minimum Gasteiger partial charge on any atom is -0.326 e. The highest BCUT2D eigenvalue weighted by atomic mass is 79.9. The van der Waals surface area contributed by atoms with E-state index in [-0.39, 0.29) is 0 Å². The molecular formula is C12H12BrN3S. The van der Waals surface area contributed by atoms with Gasteiger partial charge in [-0.05, 0) is 31.2 Å². The molecule has 0 spiro atoms. The van der Waals surface area contributed by atoms with E-state index in [0.29, 0.717) is 6.54 Å². The van der Waals surface area contributed by atoms with Crippen LogP contribution in [0.3, 0.4) is 0 Å². The van der Waals surface area contributed by atoms with Gasteiger partial charge in [-0.25, -0.2) is 9.97 Å². The van der Waals surface area contributed by atoms with Crippen LogP contribution in [0.25, 0.3) is 0 Å². The molecule has 1 aromatic heterocycles. The molecule has 2 rings (SSSR count). The third-order valence-electron chi connectivity index (χ3n) is 2.19. The minimum atomic E-state index is 0.457. The molecular weight excluding hydrogens is 298 g/mol. The predicted molar refractivity (Wildman–Crippen MR) is 72.9 cm³/mol. The Bertz CT molecular complexity index is 514. The van der Waals surface area contributed by atoms with Gasteiger partial charge in [-0.15, -0.1) is 0 Å². The third kappa shape index (κ3) is 3.28. The van der Waals surface area contributed by atoms with E-state index in [1.807, 2.05) is 31.2 Å². The Hall–Kier alpha value is -0.910. The Morgan fingerprint density at radius 1 is 1.29 bits per heavy atom. The number of benzene rings is 1. The lowest BCUT2D eigenvalue weighted by molar-refractivity contribution is 0.885. The molecule has 0 aliphatic rings. The van der Waals surface area contributed by atoms with Gasteiger partial charge in [0.25, 0.3) is 0 Å². The Labute approximate surface area is 113 Å². The van der Waals surface area contributed by atoms with E-state index in [9.17, 15) is 0 Å². The Balaban J connectivity index is 2.28. The molecule has 17 heavy (non-hydrogen) atoms. The van der Waals surface area contributed by atoms with Crippen LogP contribution in [0.5, 0.6) is 0 Å². The zero-order chi connectivity index (χ0) is 12.3. The van der Waals surface area contributed by atoms with Gasteiger partial charge >= 0.3 is 0 Å². The number of aromatic nitrogens is 2. The molecule has 0 amide bonds. The third-order valence-corrected chi connectivity index (χ3v) is 3.78. The topological polar surface area (TPSA) is 51.8 Å². The fourth-order valence-electron chi connectivity index (χ4n) is 1.32. The van der Waals surface area contributed by atoms with Crippen molar-refractivity contribution in [1.82, 2.24) is 9.97 Å². The van der Waals surface area contributed by atoms with Crippen molar-refractivity contribution in [2.45, 2.75) is 23.4 Å². The van der Waals surface area contributed by atoms with Gasteiger partial charge in [-0.1, -0.05) is 27.7 Å². The summed E-state index contributed by atoms with van der Waals surface area (Å²) in [6, 6.07) is 8.12. The van der Waals surface area contributed by atoms with Gasteiger partial charge in [0.05, 0.1) is 0 Å². The second-order valence-corrected chi connectivity index (χ2v) is 5.49. The number of hydrogen-bond acceptors (Lipinski definition) is 4. The highest BCUT2D eigenvalue weighted by Crippen LogP contribution is 2.29. The van der Waals surface area contributed by atoms with Crippen molar-refractivity contribution >= 4 is 27.7 Å². The SMILES string of the molecule is Cc1ncc(CN)c(Sc2ccc(Br)cc2)n1. The van der Waals surface area contributed by atoms with E-state index < -0.39 is 0 Å². The van der Waals surface area contributed by atoms with E-state index in [2.05, 4.69) is 25.9 Å². The first kappa shape index (κ1) is 12.5. The molecule has 1 heterocycles. The van der Waals surface area contributed by atoms with Crippen LogP contribution >= 0.6 is 27.7 Å². The summed E-state index contributed by atoms with van der Waals surface area (Å²) < 4.78 is 1.07. The molecule has 3 nitrogen and oxygen atoms in total. The molecule has 0 aliphatic carbocycles. The van der Waals surface area contributed by atoms with Crippen LogP contribution in [0, 0.1) is 6.92 Å². The lowest BCUT2D eigenvalue weighted by atomic mass is 10.3. The summed E-state index contributed by atoms with van der Waals surface area (Å²) in [5.41, 5.74) is 6.65. The van der Waals surface area contributed by atoms with Gasteiger partial charge in [0.1, 0.15) is 10.9 Å². The van der Waals surface area contributed by atoms with Crippen LogP contribution in [0.15, 0.2) is 44.9 Å². The Morgan fingerprint density at radius 3 is 2.65 bits per heavy atom. The van der Waals surface area contributed by atoms with Gasteiger partial charge in [0.15, 0.2) is 0 Å². The summed E-state index contributed by atoms with van der Waals surface area (Å²) >= 11 is 5.03. The zero-order valence-electron chi connectivity index (χ0n) is 9.35. The van der Waals surface area contributed by atoms with Crippen molar-refractivity contribution in [3.63, 3.8) is 0 Å². The van der Waals surface area contributed by atoms with E-state index in [0.717, 1.165) is 25.8 Å². The molecule has 0 atom stereocenters. The lowest BCUT2D eigenvalue weighted by Gasteiger charge is -2.06. The largest absolute Gasteiger partial charge is 0.326 e. The molecule has 0 aliphatic heterocycles. The number of aryl methyl sites for hydroxylation is 1. The molecule has 1 aromatic carbocycles. The maximum Gasteiger partial charge on any atom is 0.126 e. The van der Waals surface area contributed by atoms with Crippen LogP contribution in [0.4, 0.5) is 0 Å². The van der Waals surface area contributed by atoms with Crippen molar-refractivity contribution in [3.05, 3.63) is 46.3 Å². The monoisotopic (exact) mass is 309 g/mol. The molecule has 0 fully saturated rings.